The molecule has 0 saturated heterocycles. The third-order valence-electron chi connectivity index (χ3n) is 5.27. The number of nitro groups is 1. The number of non-ortho nitro benzene ring substituents is 1. The molecule has 4 heteroatoms. The number of fused-ring (bicyclic) bond motifs is 3. The molecule has 1 heterocycles. The van der Waals surface area contributed by atoms with E-state index in [1.165, 1.54) is 22.4 Å². The number of rotatable bonds is 2. The van der Waals surface area contributed by atoms with E-state index in [2.05, 4.69) is 43.4 Å². The molecule has 1 aliphatic carbocycles. The summed E-state index contributed by atoms with van der Waals surface area (Å²) in [5.74, 6) is 0.875. The summed E-state index contributed by atoms with van der Waals surface area (Å²) in [4.78, 5) is 10.5. The van der Waals surface area contributed by atoms with Gasteiger partial charge >= 0.3 is 0 Å². The third-order valence-corrected chi connectivity index (χ3v) is 5.27. The average Bonchev–Trinajstić information content (AvgIpc) is 3.13. The summed E-state index contributed by atoms with van der Waals surface area (Å²) < 4.78 is 0. The van der Waals surface area contributed by atoms with Gasteiger partial charge in [-0.25, -0.2) is 0 Å². The predicted octanol–water partition coefficient (Wildman–Crippen LogP) is 6.06. The van der Waals surface area contributed by atoms with Crippen molar-refractivity contribution in [1.29, 1.82) is 0 Å². The second-order valence-corrected chi connectivity index (χ2v) is 6.87. The fourth-order valence-corrected chi connectivity index (χ4v) is 4.21. The Morgan fingerprint density at radius 3 is 2.46 bits per heavy atom. The standard InChI is InChI=1S/C20H20N2O2.C2H6/c1-12-10-13(2)19-18(11-12)16-4-3-5-17(16)20(21-19)14-6-8-15(9-7-14)22(23)24;1-2/h3-4,6-11,16-17,20-21H,5H2,1-2H3;1-2H3. The Morgan fingerprint density at radius 2 is 1.81 bits per heavy atom. The molecule has 1 aliphatic heterocycles. The van der Waals surface area contributed by atoms with E-state index in [4.69, 9.17) is 0 Å². The minimum atomic E-state index is -0.347. The van der Waals surface area contributed by atoms with Crippen molar-refractivity contribution in [3.05, 3.63) is 80.9 Å². The molecular formula is C22H26N2O2. The van der Waals surface area contributed by atoms with Crippen LogP contribution in [-0.4, -0.2) is 4.92 Å². The highest BCUT2D eigenvalue weighted by molar-refractivity contribution is 5.65. The summed E-state index contributed by atoms with van der Waals surface area (Å²) in [5.41, 5.74) is 6.41. The second-order valence-electron chi connectivity index (χ2n) is 6.87. The van der Waals surface area contributed by atoms with Crippen LogP contribution in [0.25, 0.3) is 0 Å². The van der Waals surface area contributed by atoms with Crippen molar-refractivity contribution in [1.82, 2.24) is 0 Å². The first-order valence-electron chi connectivity index (χ1n) is 9.33. The van der Waals surface area contributed by atoms with Crippen molar-refractivity contribution >= 4 is 11.4 Å². The summed E-state index contributed by atoms with van der Waals surface area (Å²) in [6, 6.07) is 11.7. The molecule has 0 fully saturated rings. The van der Waals surface area contributed by atoms with Crippen LogP contribution in [0.3, 0.4) is 0 Å². The smallest absolute Gasteiger partial charge is 0.269 e. The van der Waals surface area contributed by atoms with Crippen LogP contribution in [0.15, 0.2) is 48.6 Å². The first-order valence-corrected chi connectivity index (χ1v) is 9.33. The SMILES string of the molecule is CC.Cc1cc(C)c2c(c1)C1C=CCC1C(c1ccc([N+](=O)[O-])cc1)N2. The van der Waals surface area contributed by atoms with E-state index in [1.807, 2.05) is 26.0 Å². The largest absolute Gasteiger partial charge is 0.377 e. The van der Waals surface area contributed by atoms with Crippen LogP contribution in [0.1, 0.15) is 54.5 Å². The molecule has 0 aromatic heterocycles. The molecule has 1 N–H and O–H groups in total. The number of nitrogens with zero attached hydrogens (tertiary/aromatic N) is 1. The van der Waals surface area contributed by atoms with Gasteiger partial charge in [-0.3, -0.25) is 10.1 Å². The van der Waals surface area contributed by atoms with E-state index in [9.17, 15) is 10.1 Å². The summed E-state index contributed by atoms with van der Waals surface area (Å²) in [6.07, 6.45) is 5.62. The second kappa shape index (κ2) is 7.32. The molecular weight excluding hydrogens is 324 g/mol. The molecule has 3 atom stereocenters. The topological polar surface area (TPSA) is 55.2 Å². The van der Waals surface area contributed by atoms with Gasteiger partial charge in [-0.15, -0.1) is 0 Å². The van der Waals surface area contributed by atoms with Crippen LogP contribution < -0.4 is 5.32 Å². The molecule has 2 aromatic rings. The van der Waals surface area contributed by atoms with E-state index < -0.39 is 0 Å². The molecule has 2 aromatic carbocycles. The molecule has 136 valence electrons. The van der Waals surface area contributed by atoms with E-state index in [1.54, 1.807) is 12.1 Å². The van der Waals surface area contributed by atoms with Crippen LogP contribution in [0.5, 0.6) is 0 Å². The number of benzene rings is 2. The Labute approximate surface area is 155 Å². The summed E-state index contributed by atoms with van der Waals surface area (Å²) in [7, 11) is 0. The summed E-state index contributed by atoms with van der Waals surface area (Å²) in [5, 5.41) is 14.6. The molecule has 0 saturated carbocycles. The molecule has 4 rings (SSSR count). The van der Waals surface area contributed by atoms with Crippen molar-refractivity contribution in [2.24, 2.45) is 5.92 Å². The Balaban J connectivity index is 0.000000948. The van der Waals surface area contributed by atoms with Gasteiger partial charge in [-0.1, -0.05) is 55.8 Å². The van der Waals surface area contributed by atoms with Crippen molar-refractivity contribution in [2.45, 2.75) is 46.1 Å². The Bertz CT molecular complexity index is 840. The highest BCUT2D eigenvalue weighted by Gasteiger charge is 2.38. The van der Waals surface area contributed by atoms with Gasteiger partial charge in [0.25, 0.3) is 5.69 Å². The van der Waals surface area contributed by atoms with E-state index >= 15 is 0 Å². The lowest BCUT2D eigenvalue weighted by Gasteiger charge is -2.38. The quantitative estimate of drug-likeness (QED) is 0.406. The molecule has 0 bridgehead atoms. The fourth-order valence-electron chi connectivity index (χ4n) is 4.21. The zero-order chi connectivity index (χ0) is 18.8. The Kier molecular flexibility index (Phi) is 5.12. The van der Waals surface area contributed by atoms with Crippen LogP contribution in [-0.2, 0) is 0 Å². The summed E-state index contributed by atoms with van der Waals surface area (Å²) >= 11 is 0. The average molecular weight is 350 g/mol. The third kappa shape index (κ3) is 3.12. The van der Waals surface area contributed by atoms with Gasteiger partial charge in [0.05, 0.1) is 11.0 Å². The Hall–Kier alpha value is -2.62. The monoisotopic (exact) mass is 350 g/mol. The van der Waals surface area contributed by atoms with E-state index in [0.717, 1.165) is 12.0 Å². The highest BCUT2D eigenvalue weighted by Crippen LogP contribution is 2.50. The lowest BCUT2D eigenvalue weighted by molar-refractivity contribution is -0.384. The predicted molar refractivity (Wildman–Crippen MR) is 107 cm³/mol. The zero-order valence-corrected chi connectivity index (χ0v) is 15.8. The number of anilines is 1. The minimum absolute atomic E-state index is 0.142. The van der Waals surface area contributed by atoms with Gasteiger partial charge in [0, 0.05) is 23.7 Å². The van der Waals surface area contributed by atoms with E-state index in [0.29, 0.717) is 11.8 Å². The molecule has 0 radical (unpaired) electrons. The molecule has 4 nitrogen and oxygen atoms in total. The molecule has 2 aliphatic rings. The van der Waals surface area contributed by atoms with Gasteiger partial charge in [0.1, 0.15) is 0 Å². The van der Waals surface area contributed by atoms with Gasteiger partial charge in [-0.2, -0.15) is 0 Å². The van der Waals surface area contributed by atoms with E-state index in [-0.39, 0.29) is 16.7 Å². The zero-order valence-electron chi connectivity index (χ0n) is 15.8. The maximum absolute atomic E-state index is 10.9. The van der Waals surface area contributed by atoms with Crippen LogP contribution in [0.4, 0.5) is 11.4 Å². The van der Waals surface area contributed by atoms with Crippen molar-refractivity contribution in [3.63, 3.8) is 0 Å². The number of allylic oxidation sites excluding steroid dienone is 2. The molecule has 26 heavy (non-hydrogen) atoms. The maximum atomic E-state index is 10.9. The van der Waals surface area contributed by atoms with Gasteiger partial charge in [-0.05, 0) is 42.9 Å². The van der Waals surface area contributed by atoms with Crippen molar-refractivity contribution in [2.75, 3.05) is 5.32 Å². The molecule has 3 unspecified atom stereocenters. The van der Waals surface area contributed by atoms with Gasteiger partial charge in [0.15, 0.2) is 0 Å². The number of hydrogen-bond donors (Lipinski definition) is 1. The molecule has 0 spiro atoms. The first kappa shape index (κ1) is 18.2. The number of hydrogen-bond acceptors (Lipinski definition) is 3. The lowest BCUT2D eigenvalue weighted by atomic mass is 9.76. The van der Waals surface area contributed by atoms with Gasteiger partial charge < -0.3 is 5.32 Å². The van der Waals surface area contributed by atoms with Gasteiger partial charge in [0.2, 0.25) is 0 Å². The summed E-state index contributed by atoms with van der Waals surface area (Å²) in [6.45, 7) is 8.29. The van der Waals surface area contributed by atoms with Crippen LogP contribution in [0.2, 0.25) is 0 Å². The van der Waals surface area contributed by atoms with Crippen LogP contribution >= 0.6 is 0 Å². The first-order chi connectivity index (χ1) is 12.5. The lowest BCUT2D eigenvalue weighted by Crippen LogP contribution is -2.29. The Morgan fingerprint density at radius 1 is 1.12 bits per heavy atom. The number of aryl methyl sites for hydroxylation is 2. The highest BCUT2D eigenvalue weighted by atomic mass is 16.6. The minimum Gasteiger partial charge on any atom is -0.377 e. The van der Waals surface area contributed by atoms with Crippen molar-refractivity contribution < 1.29 is 4.92 Å². The normalized spacial score (nSPS) is 22.5. The maximum Gasteiger partial charge on any atom is 0.269 e. The number of nitrogens with one attached hydrogen (secondary N) is 1. The van der Waals surface area contributed by atoms with Crippen molar-refractivity contribution in [3.8, 4) is 0 Å². The number of nitro benzene ring substituents is 1. The fraction of sp³-hybridized carbons (Fsp3) is 0.364. The molecule has 0 amide bonds. The van der Waals surface area contributed by atoms with Crippen LogP contribution in [0, 0.1) is 29.9 Å².